The van der Waals surface area contributed by atoms with Gasteiger partial charge in [0.25, 0.3) is 11.6 Å². The summed E-state index contributed by atoms with van der Waals surface area (Å²) in [5.74, 6) is -2.36. The molecule has 1 amide bonds. The van der Waals surface area contributed by atoms with Crippen LogP contribution in [0, 0.1) is 15.9 Å². The highest BCUT2D eigenvalue weighted by atomic mass is 19.3. The number of ether oxygens (including phenoxy) is 1. The van der Waals surface area contributed by atoms with Crippen LogP contribution in [0.25, 0.3) is 0 Å². The van der Waals surface area contributed by atoms with Crippen LogP contribution in [-0.2, 0) is 0 Å². The number of halogens is 3. The van der Waals surface area contributed by atoms with Crippen LogP contribution >= 0.6 is 0 Å². The van der Waals surface area contributed by atoms with E-state index in [1.54, 1.807) is 0 Å². The second-order valence-corrected chi connectivity index (χ2v) is 4.25. The number of anilines is 1. The highest BCUT2D eigenvalue weighted by Crippen LogP contribution is 2.26. The number of hydrogen-bond donors (Lipinski definition) is 1. The summed E-state index contributed by atoms with van der Waals surface area (Å²) >= 11 is 0. The molecular weight excluding hydrogens is 317 g/mol. The Hall–Kier alpha value is -3.10. The lowest BCUT2D eigenvalue weighted by atomic mass is 10.1. The number of nitrogens with one attached hydrogen (secondary N) is 1. The first-order chi connectivity index (χ1) is 10.9. The third-order valence-corrected chi connectivity index (χ3v) is 2.76. The average Bonchev–Trinajstić information content (AvgIpc) is 2.48. The molecule has 2 aromatic carbocycles. The largest absolute Gasteiger partial charge is 0.433 e. The van der Waals surface area contributed by atoms with Crippen molar-refractivity contribution >= 4 is 17.3 Å². The molecule has 0 aliphatic rings. The van der Waals surface area contributed by atoms with Crippen molar-refractivity contribution in [1.29, 1.82) is 0 Å². The average molecular weight is 326 g/mol. The Kier molecular flexibility index (Phi) is 4.79. The van der Waals surface area contributed by atoms with Gasteiger partial charge < -0.3 is 10.1 Å². The van der Waals surface area contributed by atoms with Crippen molar-refractivity contribution in [3.8, 4) is 5.75 Å². The minimum atomic E-state index is -3.09. The fourth-order valence-corrected chi connectivity index (χ4v) is 1.76. The monoisotopic (exact) mass is 326 g/mol. The number of nitro groups is 1. The van der Waals surface area contributed by atoms with Crippen LogP contribution in [0.15, 0.2) is 42.5 Å². The SMILES string of the molecule is O=C(Nc1ccccc1OC(F)F)c1ccc([N+](=O)[O-])cc1F. The van der Waals surface area contributed by atoms with Gasteiger partial charge in [-0.15, -0.1) is 0 Å². The van der Waals surface area contributed by atoms with Crippen molar-refractivity contribution in [2.45, 2.75) is 6.61 Å². The summed E-state index contributed by atoms with van der Waals surface area (Å²) in [4.78, 5) is 21.7. The van der Waals surface area contributed by atoms with E-state index in [-0.39, 0.29) is 11.4 Å². The van der Waals surface area contributed by atoms with E-state index in [2.05, 4.69) is 10.1 Å². The van der Waals surface area contributed by atoms with E-state index < -0.39 is 34.5 Å². The number of hydrogen-bond acceptors (Lipinski definition) is 4. The summed E-state index contributed by atoms with van der Waals surface area (Å²) in [5, 5.41) is 12.7. The van der Waals surface area contributed by atoms with E-state index in [0.717, 1.165) is 12.1 Å². The minimum Gasteiger partial charge on any atom is -0.433 e. The molecule has 0 fully saturated rings. The second kappa shape index (κ2) is 6.77. The topological polar surface area (TPSA) is 81.5 Å². The highest BCUT2D eigenvalue weighted by molar-refractivity contribution is 6.05. The van der Waals surface area contributed by atoms with Crippen LogP contribution in [0.4, 0.5) is 24.5 Å². The lowest BCUT2D eigenvalue weighted by molar-refractivity contribution is -0.385. The molecule has 0 aromatic heterocycles. The Morgan fingerprint density at radius 2 is 1.91 bits per heavy atom. The van der Waals surface area contributed by atoms with Crippen molar-refractivity contribution in [3.05, 3.63) is 64.0 Å². The number of nitro benzene ring substituents is 1. The van der Waals surface area contributed by atoms with E-state index in [0.29, 0.717) is 6.07 Å². The van der Waals surface area contributed by atoms with Crippen LogP contribution in [0.5, 0.6) is 5.75 Å². The maximum atomic E-state index is 13.8. The zero-order chi connectivity index (χ0) is 17.0. The summed E-state index contributed by atoms with van der Waals surface area (Å²) in [6.07, 6.45) is 0. The molecule has 9 heteroatoms. The van der Waals surface area contributed by atoms with E-state index in [1.165, 1.54) is 24.3 Å². The maximum Gasteiger partial charge on any atom is 0.387 e. The van der Waals surface area contributed by atoms with Gasteiger partial charge in [0, 0.05) is 6.07 Å². The van der Waals surface area contributed by atoms with E-state index in [9.17, 15) is 28.1 Å². The van der Waals surface area contributed by atoms with Crippen molar-refractivity contribution in [2.75, 3.05) is 5.32 Å². The van der Waals surface area contributed by atoms with Gasteiger partial charge in [-0.25, -0.2) is 4.39 Å². The fourth-order valence-electron chi connectivity index (χ4n) is 1.76. The van der Waals surface area contributed by atoms with E-state index in [1.807, 2.05) is 0 Å². The summed E-state index contributed by atoms with van der Waals surface area (Å²) in [5.41, 5.74) is -1.07. The molecule has 23 heavy (non-hydrogen) atoms. The third kappa shape index (κ3) is 3.96. The van der Waals surface area contributed by atoms with Crippen LogP contribution in [0.1, 0.15) is 10.4 Å². The predicted octanol–water partition coefficient (Wildman–Crippen LogP) is 3.59. The summed E-state index contributed by atoms with van der Waals surface area (Å²) < 4.78 is 42.6. The number of carbonyl (C=O) groups is 1. The van der Waals surface area contributed by atoms with Gasteiger partial charge in [-0.05, 0) is 18.2 Å². The van der Waals surface area contributed by atoms with Crippen molar-refractivity contribution in [1.82, 2.24) is 0 Å². The minimum absolute atomic E-state index is 0.0875. The zero-order valence-electron chi connectivity index (χ0n) is 11.3. The van der Waals surface area contributed by atoms with Crippen molar-refractivity contribution < 1.29 is 27.6 Å². The molecule has 6 nitrogen and oxygen atoms in total. The molecule has 120 valence electrons. The number of para-hydroxylation sites is 2. The van der Waals surface area contributed by atoms with Gasteiger partial charge in [-0.3, -0.25) is 14.9 Å². The number of rotatable bonds is 5. The molecular formula is C14H9F3N2O4. The van der Waals surface area contributed by atoms with Gasteiger partial charge in [-0.1, -0.05) is 12.1 Å². The van der Waals surface area contributed by atoms with Crippen LogP contribution in [-0.4, -0.2) is 17.4 Å². The fraction of sp³-hybridized carbons (Fsp3) is 0.0714. The lowest BCUT2D eigenvalue weighted by Gasteiger charge is -2.11. The molecule has 0 saturated carbocycles. The van der Waals surface area contributed by atoms with Gasteiger partial charge in [0.05, 0.1) is 22.2 Å². The summed E-state index contributed by atoms with van der Waals surface area (Å²) in [7, 11) is 0. The molecule has 1 N–H and O–H groups in total. The molecule has 0 bridgehead atoms. The van der Waals surface area contributed by atoms with Gasteiger partial charge in [-0.2, -0.15) is 8.78 Å². The second-order valence-electron chi connectivity index (χ2n) is 4.25. The molecule has 2 rings (SSSR count). The molecule has 0 unspecified atom stereocenters. The first-order valence-corrected chi connectivity index (χ1v) is 6.17. The van der Waals surface area contributed by atoms with Gasteiger partial charge in [0.15, 0.2) is 0 Å². The molecule has 0 aliphatic carbocycles. The maximum absolute atomic E-state index is 13.8. The molecule has 2 aromatic rings. The predicted molar refractivity (Wildman–Crippen MR) is 74.1 cm³/mol. The highest BCUT2D eigenvalue weighted by Gasteiger charge is 2.18. The Morgan fingerprint density at radius 3 is 2.52 bits per heavy atom. The normalized spacial score (nSPS) is 10.4. The number of carbonyl (C=O) groups excluding carboxylic acids is 1. The number of nitrogens with zero attached hydrogens (tertiary/aromatic N) is 1. The first-order valence-electron chi connectivity index (χ1n) is 6.17. The molecule has 0 saturated heterocycles. The molecule has 0 radical (unpaired) electrons. The third-order valence-electron chi connectivity index (χ3n) is 2.76. The van der Waals surface area contributed by atoms with Gasteiger partial charge in [0.1, 0.15) is 11.6 Å². The smallest absolute Gasteiger partial charge is 0.387 e. The Balaban J connectivity index is 2.24. The number of benzene rings is 2. The van der Waals surface area contributed by atoms with Gasteiger partial charge in [0.2, 0.25) is 0 Å². The van der Waals surface area contributed by atoms with Crippen LogP contribution in [0.2, 0.25) is 0 Å². The van der Waals surface area contributed by atoms with Crippen LogP contribution in [0.3, 0.4) is 0 Å². The first kappa shape index (κ1) is 16.3. The van der Waals surface area contributed by atoms with E-state index >= 15 is 0 Å². The van der Waals surface area contributed by atoms with E-state index in [4.69, 9.17) is 0 Å². The number of non-ortho nitro benzene ring substituents is 1. The Bertz CT molecular complexity index is 753. The number of amides is 1. The van der Waals surface area contributed by atoms with Crippen molar-refractivity contribution in [3.63, 3.8) is 0 Å². The number of alkyl halides is 2. The summed E-state index contributed by atoms with van der Waals surface area (Å²) in [6, 6.07) is 7.85. The standard InChI is InChI=1S/C14H9F3N2O4/c15-10-7-8(19(21)22)5-6-9(10)13(20)18-11-3-1-2-4-12(11)23-14(16)17/h1-7,14H,(H,18,20). The molecule has 0 heterocycles. The zero-order valence-corrected chi connectivity index (χ0v) is 11.3. The van der Waals surface area contributed by atoms with Crippen LogP contribution < -0.4 is 10.1 Å². The Morgan fingerprint density at radius 1 is 1.22 bits per heavy atom. The lowest BCUT2D eigenvalue weighted by Crippen LogP contribution is -2.15. The summed E-state index contributed by atoms with van der Waals surface area (Å²) in [6.45, 7) is -3.09. The van der Waals surface area contributed by atoms with Crippen molar-refractivity contribution in [2.24, 2.45) is 0 Å². The Labute approximate surface area is 127 Å². The molecule has 0 spiro atoms. The molecule has 0 aliphatic heterocycles. The molecule has 0 atom stereocenters. The quantitative estimate of drug-likeness (QED) is 0.672. The van der Waals surface area contributed by atoms with Gasteiger partial charge >= 0.3 is 6.61 Å².